The van der Waals surface area contributed by atoms with E-state index in [0.29, 0.717) is 6.54 Å². The molecule has 2 unspecified atom stereocenters. The number of hydrogen-bond donors (Lipinski definition) is 1. The molecule has 1 aliphatic heterocycles. The Bertz CT molecular complexity index is 644. The maximum Gasteiger partial charge on any atom is 0.317 e. The van der Waals surface area contributed by atoms with E-state index in [4.69, 9.17) is 5.11 Å². The Morgan fingerprint density at radius 2 is 1.86 bits per heavy atom. The van der Waals surface area contributed by atoms with Gasteiger partial charge in [0.1, 0.15) is 5.82 Å². The van der Waals surface area contributed by atoms with Gasteiger partial charge in [0, 0.05) is 19.6 Å². The molecule has 1 saturated heterocycles. The van der Waals surface area contributed by atoms with Gasteiger partial charge >= 0.3 is 5.97 Å². The Balaban J connectivity index is 0.00000392. The summed E-state index contributed by atoms with van der Waals surface area (Å²) < 4.78 is 13.1. The first-order valence-electron chi connectivity index (χ1n) is 9.43. The van der Waals surface area contributed by atoms with Gasteiger partial charge < -0.3 is 10.0 Å². The molecule has 0 spiro atoms. The topological polar surface area (TPSA) is 64.1 Å². The summed E-state index contributed by atoms with van der Waals surface area (Å²) in [6.45, 7) is 3.93. The Kier molecular flexibility index (Phi) is 9.85. The first kappa shape index (κ1) is 24.3. The van der Waals surface area contributed by atoms with E-state index in [9.17, 15) is 14.0 Å². The number of hydrogen-bond acceptors (Lipinski definition) is 4. The van der Waals surface area contributed by atoms with Crippen LogP contribution in [0.5, 0.6) is 0 Å². The lowest BCUT2D eigenvalue weighted by Gasteiger charge is -2.29. The number of amides is 1. The zero-order valence-electron chi connectivity index (χ0n) is 16.8. The van der Waals surface area contributed by atoms with Crippen molar-refractivity contribution < 1.29 is 19.1 Å². The van der Waals surface area contributed by atoms with Crippen LogP contribution in [0.1, 0.15) is 37.8 Å². The molecule has 8 heteroatoms. The number of rotatable bonds is 7. The smallest absolute Gasteiger partial charge is 0.317 e. The fourth-order valence-electron chi connectivity index (χ4n) is 3.56. The van der Waals surface area contributed by atoms with Crippen molar-refractivity contribution in [2.45, 2.75) is 38.3 Å². The van der Waals surface area contributed by atoms with Crippen LogP contribution < -0.4 is 0 Å². The predicted octanol–water partition coefficient (Wildman–Crippen LogP) is 2.64. The van der Waals surface area contributed by atoms with E-state index >= 15 is 0 Å². The van der Waals surface area contributed by atoms with Crippen molar-refractivity contribution in [2.75, 3.05) is 40.3 Å². The normalized spacial score (nSPS) is 18.8. The molecule has 0 radical (unpaired) electrons. The summed E-state index contributed by atoms with van der Waals surface area (Å²) in [4.78, 5) is 29.3. The van der Waals surface area contributed by atoms with E-state index in [1.807, 2.05) is 18.9 Å². The van der Waals surface area contributed by atoms with Crippen LogP contribution in [0.2, 0.25) is 0 Å². The monoisotopic (exact) mass is 415 g/mol. The number of nitrogens with zero attached hydrogens (tertiary/aromatic N) is 3. The first-order valence-corrected chi connectivity index (χ1v) is 9.43. The van der Waals surface area contributed by atoms with Crippen LogP contribution in [0.3, 0.4) is 0 Å². The largest absolute Gasteiger partial charge is 0.480 e. The molecule has 6 nitrogen and oxygen atoms in total. The quantitative estimate of drug-likeness (QED) is 0.741. The zero-order chi connectivity index (χ0) is 20.0. The number of aliphatic carboxylic acids is 1. The van der Waals surface area contributed by atoms with Gasteiger partial charge in [0.25, 0.3) is 0 Å². The molecule has 1 fully saturated rings. The lowest BCUT2D eigenvalue weighted by atomic mass is 10.1. The third kappa shape index (κ3) is 7.04. The van der Waals surface area contributed by atoms with Crippen LogP contribution in [-0.2, 0) is 9.59 Å². The molecule has 0 aromatic heterocycles. The summed E-state index contributed by atoms with van der Waals surface area (Å²) >= 11 is 0. The van der Waals surface area contributed by atoms with Crippen LogP contribution in [-0.4, -0.2) is 78.0 Å². The molecule has 1 aromatic rings. The number of likely N-dealkylation sites (tertiary alicyclic amines) is 1. The molecule has 1 heterocycles. The summed E-state index contributed by atoms with van der Waals surface area (Å²) in [6, 6.07) is 6.34. The summed E-state index contributed by atoms with van der Waals surface area (Å²) in [5.41, 5.74) is 0.901. The second-order valence-corrected chi connectivity index (χ2v) is 7.40. The SMILES string of the molecule is CC(c1ccc(F)cc1)N(C)C(=O)CN1CCCC(N(C)CC(=O)O)CC1.Cl. The molecule has 1 amide bonds. The van der Waals surface area contributed by atoms with Crippen molar-refractivity contribution in [1.82, 2.24) is 14.7 Å². The van der Waals surface area contributed by atoms with Gasteiger partial charge in [0.15, 0.2) is 0 Å². The van der Waals surface area contributed by atoms with Gasteiger partial charge in [-0.15, -0.1) is 12.4 Å². The summed E-state index contributed by atoms with van der Waals surface area (Å²) in [7, 11) is 3.62. The number of halogens is 2. The molecule has 1 aliphatic rings. The molecular weight excluding hydrogens is 385 g/mol. The molecule has 2 rings (SSSR count). The highest BCUT2D eigenvalue weighted by Crippen LogP contribution is 2.20. The third-order valence-electron chi connectivity index (χ3n) is 5.48. The fourth-order valence-corrected chi connectivity index (χ4v) is 3.56. The number of benzene rings is 1. The van der Waals surface area contributed by atoms with E-state index in [2.05, 4.69) is 4.90 Å². The van der Waals surface area contributed by atoms with Gasteiger partial charge in [0.2, 0.25) is 5.91 Å². The molecule has 1 N–H and O–H groups in total. The van der Waals surface area contributed by atoms with E-state index in [-0.39, 0.29) is 42.8 Å². The molecule has 28 heavy (non-hydrogen) atoms. The molecule has 0 aliphatic carbocycles. The van der Waals surface area contributed by atoms with Gasteiger partial charge in [-0.3, -0.25) is 19.4 Å². The maximum atomic E-state index is 13.1. The molecule has 158 valence electrons. The summed E-state index contributed by atoms with van der Waals surface area (Å²) in [5, 5.41) is 8.95. The molecule has 2 atom stereocenters. The van der Waals surface area contributed by atoms with Crippen molar-refractivity contribution in [3.05, 3.63) is 35.6 Å². The van der Waals surface area contributed by atoms with Crippen molar-refractivity contribution >= 4 is 24.3 Å². The molecular formula is C20H31ClFN3O3. The Hall–Kier alpha value is -1.70. The van der Waals surface area contributed by atoms with Gasteiger partial charge in [0.05, 0.1) is 19.1 Å². The second-order valence-electron chi connectivity index (χ2n) is 7.40. The van der Waals surface area contributed by atoms with E-state index < -0.39 is 5.97 Å². The zero-order valence-corrected chi connectivity index (χ0v) is 17.6. The average Bonchev–Trinajstić information content (AvgIpc) is 2.86. The lowest BCUT2D eigenvalue weighted by Crippen LogP contribution is -2.40. The summed E-state index contributed by atoms with van der Waals surface area (Å²) in [6.07, 6.45) is 2.74. The number of carbonyl (C=O) groups excluding carboxylic acids is 1. The number of carboxylic acid groups (broad SMARTS) is 1. The predicted molar refractivity (Wildman–Crippen MR) is 109 cm³/mol. The maximum absolute atomic E-state index is 13.1. The fraction of sp³-hybridized carbons (Fsp3) is 0.600. The minimum absolute atomic E-state index is 0. The first-order chi connectivity index (χ1) is 12.8. The van der Waals surface area contributed by atoms with Crippen LogP contribution in [0, 0.1) is 5.82 Å². The third-order valence-corrected chi connectivity index (χ3v) is 5.48. The van der Waals surface area contributed by atoms with Crippen LogP contribution in [0.4, 0.5) is 4.39 Å². The van der Waals surface area contributed by atoms with Crippen LogP contribution in [0.15, 0.2) is 24.3 Å². The Morgan fingerprint density at radius 1 is 1.21 bits per heavy atom. The summed E-state index contributed by atoms with van der Waals surface area (Å²) in [5.74, 6) is -1.07. The van der Waals surface area contributed by atoms with Gasteiger partial charge in [-0.2, -0.15) is 0 Å². The Morgan fingerprint density at radius 3 is 2.46 bits per heavy atom. The van der Waals surface area contributed by atoms with Gasteiger partial charge in [-0.1, -0.05) is 12.1 Å². The minimum atomic E-state index is -0.815. The number of carboxylic acids is 1. The van der Waals surface area contributed by atoms with E-state index in [0.717, 1.165) is 37.9 Å². The van der Waals surface area contributed by atoms with Gasteiger partial charge in [-0.05, 0) is 57.5 Å². The standard InChI is InChI=1S/C20H30FN3O3.ClH/c1-15(16-6-8-17(21)9-7-16)23(3)19(25)13-24-11-4-5-18(10-12-24)22(2)14-20(26)27;/h6-9,15,18H,4-5,10-14H2,1-3H3,(H,26,27);1H. The van der Waals surface area contributed by atoms with Crippen molar-refractivity contribution in [2.24, 2.45) is 0 Å². The highest BCUT2D eigenvalue weighted by atomic mass is 35.5. The lowest BCUT2D eigenvalue weighted by molar-refractivity contribution is -0.138. The van der Waals surface area contributed by atoms with Crippen LogP contribution in [0.25, 0.3) is 0 Å². The second kappa shape index (κ2) is 11.3. The van der Waals surface area contributed by atoms with Gasteiger partial charge in [-0.25, -0.2) is 4.39 Å². The number of carbonyl (C=O) groups is 2. The highest BCUT2D eigenvalue weighted by Gasteiger charge is 2.24. The highest BCUT2D eigenvalue weighted by molar-refractivity contribution is 5.85. The van der Waals surface area contributed by atoms with Crippen molar-refractivity contribution in [1.29, 1.82) is 0 Å². The molecule has 1 aromatic carbocycles. The van der Waals surface area contributed by atoms with Crippen LogP contribution >= 0.6 is 12.4 Å². The Labute approximate surface area is 172 Å². The van der Waals surface area contributed by atoms with E-state index in [1.165, 1.54) is 12.1 Å². The molecule has 0 bridgehead atoms. The van der Waals surface area contributed by atoms with E-state index in [1.54, 1.807) is 24.1 Å². The molecule has 0 saturated carbocycles. The number of likely N-dealkylation sites (N-methyl/N-ethyl adjacent to an activating group) is 2. The van der Waals surface area contributed by atoms with Crippen molar-refractivity contribution in [3.8, 4) is 0 Å². The minimum Gasteiger partial charge on any atom is -0.480 e. The van der Waals surface area contributed by atoms with Crippen molar-refractivity contribution in [3.63, 3.8) is 0 Å². The average molecular weight is 416 g/mol.